The third kappa shape index (κ3) is 3.60. The number of phenols is 1. The number of nitrogens with zero attached hydrogens (tertiary/aromatic N) is 1. The summed E-state index contributed by atoms with van der Waals surface area (Å²) in [4.78, 5) is 11.9. The number of para-hydroxylation sites is 1. The van der Waals surface area contributed by atoms with E-state index in [4.69, 9.17) is 4.74 Å². The van der Waals surface area contributed by atoms with Crippen molar-refractivity contribution in [3.8, 4) is 11.5 Å². The largest absolute Gasteiger partial charge is 0.508 e. The van der Waals surface area contributed by atoms with Gasteiger partial charge < -0.3 is 9.84 Å². The van der Waals surface area contributed by atoms with Crippen molar-refractivity contribution in [3.05, 3.63) is 59.7 Å². The molecule has 0 radical (unpaired) electrons. The number of hydrazone groups is 1. The Morgan fingerprint density at radius 3 is 2.48 bits per heavy atom. The Kier molecular flexibility index (Phi) is 4.56. The molecule has 0 aliphatic rings. The van der Waals surface area contributed by atoms with Crippen molar-refractivity contribution in [3.63, 3.8) is 0 Å². The van der Waals surface area contributed by atoms with Crippen LogP contribution in [0, 0.1) is 0 Å². The Labute approximate surface area is 122 Å². The highest BCUT2D eigenvalue weighted by Gasteiger charge is 2.07. The fraction of sp³-hybridized carbons (Fsp3) is 0.125. The topological polar surface area (TPSA) is 70.9 Å². The van der Waals surface area contributed by atoms with Gasteiger partial charge in [0, 0.05) is 11.1 Å². The Morgan fingerprint density at radius 2 is 1.81 bits per heavy atom. The maximum Gasteiger partial charge on any atom is 0.271 e. The predicted octanol–water partition coefficient (Wildman–Crippen LogP) is 2.55. The molecular formula is C16H16N2O3. The minimum atomic E-state index is -0.343. The first-order valence-corrected chi connectivity index (χ1v) is 6.39. The van der Waals surface area contributed by atoms with Crippen LogP contribution in [-0.2, 0) is 0 Å². The normalized spacial score (nSPS) is 11.0. The van der Waals surface area contributed by atoms with Gasteiger partial charge in [0.25, 0.3) is 5.91 Å². The van der Waals surface area contributed by atoms with Crippen LogP contribution in [0.5, 0.6) is 11.5 Å². The second-order valence-electron chi connectivity index (χ2n) is 4.39. The van der Waals surface area contributed by atoms with Crippen LogP contribution in [0.25, 0.3) is 0 Å². The third-order valence-corrected chi connectivity index (χ3v) is 2.95. The minimum Gasteiger partial charge on any atom is -0.508 e. The summed E-state index contributed by atoms with van der Waals surface area (Å²) < 4.78 is 5.25. The van der Waals surface area contributed by atoms with Crippen LogP contribution in [0.3, 0.4) is 0 Å². The number of ether oxygens (including phenoxy) is 1. The molecule has 2 rings (SSSR count). The molecule has 0 fully saturated rings. The average molecular weight is 284 g/mol. The molecule has 0 bridgehead atoms. The molecule has 2 aromatic carbocycles. The van der Waals surface area contributed by atoms with Crippen molar-refractivity contribution in [1.82, 2.24) is 5.43 Å². The molecule has 0 unspecified atom stereocenters. The molecule has 2 N–H and O–H groups in total. The molecule has 0 aliphatic heterocycles. The second kappa shape index (κ2) is 6.56. The van der Waals surface area contributed by atoms with E-state index in [-0.39, 0.29) is 11.7 Å². The molecule has 0 spiro atoms. The molecule has 0 atom stereocenters. The van der Waals surface area contributed by atoms with Gasteiger partial charge in [-0.05, 0) is 43.3 Å². The molecular weight excluding hydrogens is 268 g/mol. The molecule has 108 valence electrons. The van der Waals surface area contributed by atoms with Gasteiger partial charge in [-0.3, -0.25) is 4.79 Å². The number of hydrogen-bond acceptors (Lipinski definition) is 4. The van der Waals surface area contributed by atoms with Crippen LogP contribution in [0.1, 0.15) is 22.8 Å². The lowest BCUT2D eigenvalue weighted by Crippen LogP contribution is -2.19. The lowest BCUT2D eigenvalue weighted by atomic mass is 10.1. The van der Waals surface area contributed by atoms with E-state index in [0.29, 0.717) is 17.0 Å². The van der Waals surface area contributed by atoms with E-state index in [1.165, 1.54) is 24.3 Å². The number of amides is 1. The van der Waals surface area contributed by atoms with Crippen LogP contribution in [0.2, 0.25) is 0 Å². The quantitative estimate of drug-likeness (QED) is 0.669. The fourth-order valence-corrected chi connectivity index (χ4v) is 1.82. The van der Waals surface area contributed by atoms with Gasteiger partial charge in [-0.25, -0.2) is 5.43 Å². The van der Waals surface area contributed by atoms with Gasteiger partial charge in [0.2, 0.25) is 0 Å². The molecule has 0 heterocycles. The van der Waals surface area contributed by atoms with E-state index in [2.05, 4.69) is 10.5 Å². The second-order valence-corrected chi connectivity index (χ2v) is 4.39. The maximum atomic E-state index is 11.9. The lowest BCUT2D eigenvalue weighted by molar-refractivity contribution is 0.0955. The Morgan fingerprint density at radius 1 is 1.14 bits per heavy atom. The minimum absolute atomic E-state index is 0.111. The van der Waals surface area contributed by atoms with Crippen molar-refractivity contribution in [1.29, 1.82) is 0 Å². The number of hydrogen-bond donors (Lipinski definition) is 2. The first kappa shape index (κ1) is 14.6. The zero-order valence-electron chi connectivity index (χ0n) is 11.8. The average Bonchev–Trinajstić information content (AvgIpc) is 2.52. The van der Waals surface area contributed by atoms with E-state index in [0.717, 1.165) is 5.56 Å². The fourth-order valence-electron chi connectivity index (χ4n) is 1.82. The summed E-state index contributed by atoms with van der Waals surface area (Å²) in [7, 11) is 1.58. The molecule has 5 heteroatoms. The SMILES string of the molecule is COc1ccccc1/C(C)=N\NC(=O)c1ccc(O)cc1. The van der Waals surface area contributed by atoms with E-state index in [1.807, 2.05) is 24.3 Å². The molecule has 0 aromatic heterocycles. The first-order valence-electron chi connectivity index (χ1n) is 6.39. The molecule has 0 saturated carbocycles. The first-order chi connectivity index (χ1) is 10.1. The van der Waals surface area contributed by atoms with Crippen molar-refractivity contribution >= 4 is 11.6 Å². The Bertz CT molecular complexity index is 663. The zero-order valence-corrected chi connectivity index (χ0v) is 11.8. The molecule has 2 aromatic rings. The van der Waals surface area contributed by atoms with E-state index in [9.17, 15) is 9.90 Å². The summed E-state index contributed by atoms with van der Waals surface area (Å²) in [6.07, 6.45) is 0. The number of carbonyl (C=O) groups excluding carboxylic acids is 1. The number of benzene rings is 2. The standard InChI is InChI=1S/C16H16N2O3/c1-11(14-5-3-4-6-15(14)21-2)17-18-16(20)12-7-9-13(19)10-8-12/h3-10,19H,1-2H3,(H,18,20)/b17-11-. The monoisotopic (exact) mass is 284 g/mol. The van der Waals surface area contributed by atoms with Crippen molar-refractivity contribution in [2.24, 2.45) is 5.10 Å². The molecule has 5 nitrogen and oxygen atoms in total. The number of phenolic OH excluding ortho intramolecular Hbond substituents is 1. The number of methoxy groups -OCH3 is 1. The number of nitrogens with one attached hydrogen (secondary N) is 1. The van der Waals surface area contributed by atoms with Gasteiger partial charge in [-0.2, -0.15) is 5.10 Å². The van der Waals surface area contributed by atoms with Crippen LogP contribution < -0.4 is 10.2 Å². The Hall–Kier alpha value is -2.82. The highest BCUT2D eigenvalue weighted by Crippen LogP contribution is 2.18. The van der Waals surface area contributed by atoms with Gasteiger partial charge in [0.05, 0.1) is 12.8 Å². The summed E-state index contributed by atoms with van der Waals surface area (Å²) in [6.45, 7) is 1.79. The number of rotatable bonds is 4. The Balaban J connectivity index is 2.13. The van der Waals surface area contributed by atoms with Crippen LogP contribution >= 0.6 is 0 Å². The van der Waals surface area contributed by atoms with Gasteiger partial charge in [-0.1, -0.05) is 12.1 Å². The van der Waals surface area contributed by atoms with Crippen LogP contribution in [0.4, 0.5) is 0 Å². The lowest BCUT2D eigenvalue weighted by Gasteiger charge is -2.08. The molecule has 1 amide bonds. The van der Waals surface area contributed by atoms with E-state index in [1.54, 1.807) is 14.0 Å². The zero-order chi connectivity index (χ0) is 15.2. The highest BCUT2D eigenvalue weighted by molar-refractivity contribution is 6.02. The van der Waals surface area contributed by atoms with E-state index >= 15 is 0 Å². The molecule has 0 aliphatic carbocycles. The number of carbonyl (C=O) groups is 1. The smallest absolute Gasteiger partial charge is 0.271 e. The molecule has 0 saturated heterocycles. The summed E-state index contributed by atoms with van der Waals surface area (Å²) >= 11 is 0. The van der Waals surface area contributed by atoms with Gasteiger partial charge in [0.1, 0.15) is 11.5 Å². The number of aromatic hydroxyl groups is 1. The summed E-state index contributed by atoms with van der Waals surface area (Å²) in [6, 6.07) is 13.4. The maximum absolute atomic E-state index is 11.9. The van der Waals surface area contributed by atoms with E-state index < -0.39 is 0 Å². The van der Waals surface area contributed by atoms with Gasteiger partial charge in [-0.15, -0.1) is 0 Å². The third-order valence-electron chi connectivity index (χ3n) is 2.95. The molecule has 21 heavy (non-hydrogen) atoms. The van der Waals surface area contributed by atoms with Crippen LogP contribution in [0.15, 0.2) is 53.6 Å². The van der Waals surface area contributed by atoms with Gasteiger partial charge >= 0.3 is 0 Å². The summed E-state index contributed by atoms with van der Waals surface area (Å²) in [5.74, 6) is 0.460. The van der Waals surface area contributed by atoms with Crippen LogP contribution in [-0.4, -0.2) is 23.8 Å². The van der Waals surface area contributed by atoms with Gasteiger partial charge in [0.15, 0.2) is 0 Å². The summed E-state index contributed by atoms with van der Waals surface area (Å²) in [5.41, 5.74) is 4.35. The predicted molar refractivity (Wildman–Crippen MR) is 80.8 cm³/mol. The van der Waals surface area contributed by atoms with Crippen molar-refractivity contribution in [2.45, 2.75) is 6.92 Å². The van der Waals surface area contributed by atoms with Crippen molar-refractivity contribution < 1.29 is 14.6 Å². The summed E-state index contributed by atoms with van der Waals surface area (Å²) in [5, 5.41) is 13.3. The van der Waals surface area contributed by atoms with Crippen molar-refractivity contribution in [2.75, 3.05) is 7.11 Å². The highest BCUT2D eigenvalue weighted by atomic mass is 16.5.